The van der Waals surface area contributed by atoms with E-state index in [-0.39, 0.29) is 0 Å². The van der Waals surface area contributed by atoms with Gasteiger partial charge in [0.2, 0.25) is 0 Å². The summed E-state index contributed by atoms with van der Waals surface area (Å²) < 4.78 is 5.82. The molecule has 0 saturated heterocycles. The lowest BCUT2D eigenvalue weighted by Gasteiger charge is -2.29. The molecule has 3 unspecified atom stereocenters. The highest BCUT2D eigenvalue weighted by Gasteiger charge is 2.21. The molecule has 0 aliphatic heterocycles. The topological polar surface area (TPSA) is 21.3 Å². The van der Waals surface area contributed by atoms with E-state index in [1.807, 2.05) is 0 Å². The van der Waals surface area contributed by atoms with Crippen molar-refractivity contribution in [2.75, 3.05) is 13.2 Å². The van der Waals surface area contributed by atoms with Crippen molar-refractivity contribution in [2.24, 2.45) is 5.92 Å². The van der Waals surface area contributed by atoms with Gasteiger partial charge in [-0.25, -0.2) is 0 Å². The van der Waals surface area contributed by atoms with Gasteiger partial charge in [-0.1, -0.05) is 40.5 Å². The molecule has 1 N–H and O–H groups in total. The molecule has 0 radical (unpaired) electrons. The zero-order valence-corrected chi connectivity index (χ0v) is 11.9. The van der Waals surface area contributed by atoms with Crippen molar-refractivity contribution in [1.29, 1.82) is 0 Å². The van der Waals surface area contributed by atoms with Crippen LogP contribution < -0.4 is 5.32 Å². The Bertz CT molecular complexity index is 150. The Hall–Kier alpha value is -0.0800. The fourth-order valence-electron chi connectivity index (χ4n) is 2.41. The SMILES string of the molecule is CCCC(C)CC(NCC)C(CC)OCC. The number of ether oxygens (including phenoxy) is 1. The summed E-state index contributed by atoms with van der Waals surface area (Å²) >= 11 is 0. The summed E-state index contributed by atoms with van der Waals surface area (Å²) in [7, 11) is 0. The third kappa shape index (κ3) is 6.49. The van der Waals surface area contributed by atoms with Crippen molar-refractivity contribution in [3.63, 3.8) is 0 Å². The smallest absolute Gasteiger partial charge is 0.0725 e. The first kappa shape index (κ1) is 15.9. The summed E-state index contributed by atoms with van der Waals surface area (Å²) in [6, 6.07) is 0.525. The molecule has 0 saturated carbocycles. The number of rotatable bonds is 10. The van der Waals surface area contributed by atoms with Crippen molar-refractivity contribution < 1.29 is 4.74 Å². The number of hydrogen-bond acceptors (Lipinski definition) is 2. The van der Waals surface area contributed by atoms with E-state index < -0.39 is 0 Å². The summed E-state index contributed by atoms with van der Waals surface area (Å²) in [5.41, 5.74) is 0. The molecule has 0 aromatic carbocycles. The first-order valence-corrected chi connectivity index (χ1v) is 7.04. The minimum atomic E-state index is 0.379. The maximum Gasteiger partial charge on any atom is 0.0725 e. The molecule has 0 aliphatic rings. The summed E-state index contributed by atoms with van der Waals surface area (Å²) in [5.74, 6) is 0.795. The quantitative estimate of drug-likeness (QED) is 0.618. The van der Waals surface area contributed by atoms with E-state index >= 15 is 0 Å². The van der Waals surface area contributed by atoms with Crippen LogP contribution in [0.5, 0.6) is 0 Å². The molecule has 0 rings (SSSR count). The van der Waals surface area contributed by atoms with E-state index in [4.69, 9.17) is 4.74 Å². The number of nitrogens with one attached hydrogen (secondary N) is 1. The van der Waals surface area contributed by atoms with Crippen molar-refractivity contribution >= 4 is 0 Å². The minimum Gasteiger partial charge on any atom is -0.377 e. The molecule has 0 aromatic heterocycles. The van der Waals surface area contributed by atoms with Crippen LogP contribution in [0.3, 0.4) is 0 Å². The van der Waals surface area contributed by atoms with E-state index in [0.717, 1.165) is 25.5 Å². The van der Waals surface area contributed by atoms with Crippen LogP contribution in [0, 0.1) is 5.92 Å². The summed E-state index contributed by atoms with van der Waals surface area (Å²) in [5, 5.41) is 3.58. The fourth-order valence-corrected chi connectivity index (χ4v) is 2.41. The van der Waals surface area contributed by atoms with Crippen LogP contribution in [0.25, 0.3) is 0 Å². The molecule has 2 heteroatoms. The second-order valence-corrected chi connectivity index (χ2v) is 4.70. The van der Waals surface area contributed by atoms with Gasteiger partial charge in [-0.3, -0.25) is 0 Å². The summed E-state index contributed by atoms with van der Waals surface area (Å²) in [6.07, 6.45) is 5.32. The van der Waals surface area contributed by atoms with Crippen molar-refractivity contribution in [2.45, 2.75) is 72.4 Å². The Morgan fingerprint density at radius 2 is 1.81 bits per heavy atom. The van der Waals surface area contributed by atoms with Gasteiger partial charge in [-0.05, 0) is 32.2 Å². The lowest BCUT2D eigenvalue weighted by Crippen LogP contribution is -2.42. The van der Waals surface area contributed by atoms with Gasteiger partial charge >= 0.3 is 0 Å². The highest BCUT2D eigenvalue weighted by molar-refractivity contribution is 4.78. The maximum atomic E-state index is 5.82. The van der Waals surface area contributed by atoms with E-state index in [1.165, 1.54) is 19.3 Å². The van der Waals surface area contributed by atoms with Crippen molar-refractivity contribution in [3.8, 4) is 0 Å². The molecule has 0 heterocycles. The molecule has 16 heavy (non-hydrogen) atoms. The molecule has 0 aliphatic carbocycles. The largest absolute Gasteiger partial charge is 0.377 e. The average Bonchev–Trinajstić information content (AvgIpc) is 2.25. The first-order chi connectivity index (χ1) is 7.69. The molecule has 98 valence electrons. The standard InChI is InChI=1S/C14H31NO/c1-6-10-12(5)11-13(15-8-3)14(7-2)16-9-4/h12-15H,6-11H2,1-5H3. The molecule has 0 spiro atoms. The van der Waals surface area contributed by atoms with Crippen molar-refractivity contribution in [1.82, 2.24) is 5.32 Å². The van der Waals surface area contributed by atoms with E-state index in [0.29, 0.717) is 12.1 Å². The van der Waals surface area contributed by atoms with Crippen LogP contribution in [0.15, 0.2) is 0 Å². The van der Waals surface area contributed by atoms with Gasteiger partial charge in [0.1, 0.15) is 0 Å². The lowest BCUT2D eigenvalue weighted by molar-refractivity contribution is 0.0259. The Morgan fingerprint density at radius 3 is 2.25 bits per heavy atom. The van der Waals surface area contributed by atoms with Gasteiger partial charge in [0, 0.05) is 12.6 Å². The highest BCUT2D eigenvalue weighted by Crippen LogP contribution is 2.17. The summed E-state index contributed by atoms with van der Waals surface area (Å²) in [6.45, 7) is 13.0. The zero-order valence-electron chi connectivity index (χ0n) is 11.9. The third-order valence-corrected chi connectivity index (χ3v) is 3.14. The van der Waals surface area contributed by atoms with Crippen LogP contribution in [0.1, 0.15) is 60.3 Å². The molecule has 0 aromatic rings. The Labute approximate surface area is 102 Å². The van der Waals surface area contributed by atoms with Gasteiger partial charge in [0.15, 0.2) is 0 Å². The van der Waals surface area contributed by atoms with Gasteiger partial charge in [0.05, 0.1) is 6.10 Å². The maximum absolute atomic E-state index is 5.82. The first-order valence-electron chi connectivity index (χ1n) is 7.04. The van der Waals surface area contributed by atoms with Gasteiger partial charge in [-0.15, -0.1) is 0 Å². The Balaban J connectivity index is 4.20. The Kier molecular flexibility index (Phi) is 10.0. The Morgan fingerprint density at radius 1 is 1.12 bits per heavy atom. The highest BCUT2D eigenvalue weighted by atomic mass is 16.5. The van der Waals surface area contributed by atoms with Crippen LogP contribution in [-0.4, -0.2) is 25.3 Å². The predicted octanol–water partition coefficient (Wildman–Crippen LogP) is 3.61. The van der Waals surface area contributed by atoms with Crippen LogP contribution >= 0.6 is 0 Å². The average molecular weight is 229 g/mol. The monoisotopic (exact) mass is 229 g/mol. The van der Waals surface area contributed by atoms with E-state index in [1.54, 1.807) is 0 Å². The van der Waals surface area contributed by atoms with Crippen molar-refractivity contribution in [3.05, 3.63) is 0 Å². The predicted molar refractivity (Wildman–Crippen MR) is 71.9 cm³/mol. The zero-order chi connectivity index (χ0) is 12.4. The number of hydrogen-bond donors (Lipinski definition) is 1. The molecular weight excluding hydrogens is 198 g/mol. The van der Waals surface area contributed by atoms with Gasteiger partial charge in [0.25, 0.3) is 0 Å². The van der Waals surface area contributed by atoms with Gasteiger partial charge in [-0.2, -0.15) is 0 Å². The normalized spacial score (nSPS) is 17.1. The lowest BCUT2D eigenvalue weighted by atomic mass is 9.93. The second kappa shape index (κ2) is 10.1. The van der Waals surface area contributed by atoms with E-state index in [9.17, 15) is 0 Å². The van der Waals surface area contributed by atoms with E-state index in [2.05, 4.69) is 39.9 Å². The molecule has 0 fully saturated rings. The number of likely N-dealkylation sites (N-methyl/N-ethyl adjacent to an activating group) is 1. The fraction of sp³-hybridized carbons (Fsp3) is 1.00. The molecule has 2 nitrogen and oxygen atoms in total. The minimum absolute atomic E-state index is 0.379. The van der Waals surface area contributed by atoms with Crippen LogP contribution in [-0.2, 0) is 4.74 Å². The van der Waals surface area contributed by atoms with Crippen LogP contribution in [0.2, 0.25) is 0 Å². The molecular formula is C14H31NO. The molecule has 0 amide bonds. The third-order valence-electron chi connectivity index (χ3n) is 3.14. The molecule has 3 atom stereocenters. The molecule has 0 bridgehead atoms. The van der Waals surface area contributed by atoms with Crippen LogP contribution in [0.4, 0.5) is 0 Å². The summed E-state index contributed by atoms with van der Waals surface area (Å²) in [4.78, 5) is 0. The second-order valence-electron chi connectivity index (χ2n) is 4.70. The van der Waals surface area contributed by atoms with Gasteiger partial charge < -0.3 is 10.1 Å².